The van der Waals surface area contributed by atoms with Gasteiger partial charge in [-0.05, 0) is 24.6 Å². The van der Waals surface area contributed by atoms with E-state index >= 15 is 0 Å². The number of carbonyl (C=O) groups excluding carboxylic acids is 1. The third-order valence-corrected chi connectivity index (χ3v) is 2.36. The highest BCUT2D eigenvalue weighted by Crippen LogP contribution is 2.12. The van der Waals surface area contributed by atoms with Crippen LogP contribution in [0.3, 0.4) is 0 Å². The Kier molecular flexibility index (Phi) is 3.96. The Morgan fingerprint density at radius 3 is 2.78 bits per heavy atom. The highest BCUT2D eigenvalue weighted by molar-refractivity contribution is 5.90. The van der Waals surface area contributed by atoms with E-state index in [1.807, 2.05) is 31.2 Å². The van der Waals surface area contributed by atoms with Crippen LogP contribution in [0.25, 0.3) is 0 Å². The summed E-state index contributed by atoms with van der Waals surface area (Å²) in [7, 11) is 0. The van der Waals surface area contributed by atoms with Gasteiger partial charge in [-0.25, -0.2) is 4.98 Å². The molecule has 0 aliphatic carbocycles. The minimum atomic E-state index is -0.103. The van der Waals surface area contributed by atoms with E-state index in [4.69, 9.17) is 4.74 Å². The van der Waals surface area contributed by atoms with Crippen LogP contribution in [-0.4, -0.2) is 22.5 Å². The van der Waals surface area contributed by atoms with Gasteiger partial charge in [-0.1, -0.05) is 12.1 Å². The molecule has 2 N–H and O–H groups in total. The molecular formula is C13H15N3O2. The van der Waals surface area contributed by atoms with Gasteiger partial charge < -0.3 is 9.72 Å². The number of carbonyl (C=O) groups is 1. The van der Waals surface area contributed by atoms with Crippen LogP contribution in [0.1, 0.15) is 12.5 Å². The summed E-state index contributed by atoms with van der Waals surface area (Å²) in [5, 5.41) is 2.67. The first kappa shape index (κ1) is 12.2. The molecule has 5 heteroatoms. The number of H-pyrrole nitrogens is 1. The van der Waals surface area contributed by atoms with Gasteiger partial charge in [-0.2, -0.15) is 0 Å². The zero-order valence-corrected chi connectivity index (χ0v) is 10.1. The lowest BCUT2D eigenvalue weighted by Gasteiger charge is -2.05. The quantitative estimate of drug-likeness (QED) is 0.846. The average Bonchev–Trinajstić information content (AvgIpc) is 2.84. The van der Waals surface area contributed by atoms with Gasteiger partial charge in [0.1, 0.15) is 5.75 Å². The van der Waals surface area contributed by atoms with Crippen LogP contribution in [0.15, 0.2) is 36.7 Å². The number of benzene rings is 1. The maximum atomic E-state index is 11.7. The standard InChI is InChI=1S/C13H15N3O2/c1-2-18-11-5-3-10(4-6-11)9-12(17)16-13-14-7-8-15-13/h3-8H,2,9H2,1H3,(H2,14,15,16,17). The Balaban J connectivity index is 1.90. The van der Waals surface area contributed by atoms with E-state index in [1.165, 1.54) is 0 Å². The predicted octanol–water partition coefficient (Wildman–Crippen LogP) is 1.99. The molecule has 0 fully saturated rings. The monoisotopic (exact) mass is 245 g/mol. The number of anilines is 1. The Labute approximate surface area is 105 Å². The van der Waals surface area contributed by atoms with Gasteiger partial charge in [-0.3, -0.25) is 10.1 Å². The molecule has 18 heavy (non-hydrogen) atoms. The van der Waals surface area contributed by atoms with Gasteiger partial charge in [0.05, 0.1) is 13.0 Å². The topological polar surface area (TPSA) is 67.0 Å². The fraction of sp³-hybridized carbons (Fsp3) is 0.231. The molecule has 0 aliphatic heterocycles. The van der Waals surface area contributed by atoms with E-state index in [0.717, 1.165) is 11.3 Å². The molecule has 0 radical (unpaired) electrons. The smallest absolute Gasteiger partial charge is 0.231 e. The largest absolute Gasteiger partial charge is 0.494 e. The highest BCUT2D eigenvalue weighted by Gasteiger charge is 2.05. The summed E-state index contributed by atoms with van der Waals surface area (Å²) in [5.41, 5.74) is 0.933. The summed E-state index contributed by atoms with van der Waals surface area (Å²) in [5.74, 6) is 1.17. The maximum Gasteiger partial charge on any atom is 0.231 e. The van der Waals surface area contributed by atoms with Crippen molar-refractivity contribution in [1.82, 2.24) is 9.97 Å². The molecule has 0 spiro atoms. The number of aromatic nitrogens is 2. The van der Waals surface area contributed by atoms with Gasteiger partial charge in [0.2, 0.25) is 11.9 Å². The summed E-state index contributed by atoms with van der Waals surface area (Å²) in [6, 6.07) is 7.48. The molecule has 0 unspecified atom stereocenters. The minimum Gasteiger partial charge on any atom is -0.494 e. The Bertz CT molecular complexity index is 491. The molecule has 0 aliphatic rings. The maximum absolute atomic E-state index is 11.7. The molecule has 1 amide bonds. The third kappa shape index (κ3) is 3.35. The second kappa shape index (κ2) is 5.86. The van der Waals surface area contributed by atoms with Crippen molar-refractivity contribution in [3.8, 4) is 5.75 Å². The second-order valence-corrected chi connectivity index (χ2v) is 3.74. The van der Waals surface area contributed by atoms with Crippen LogP contribution in [0.5, 0.6) is 5.75 Å². The summed E-state index contributed by atoms with van der Waals surface area (Å²) in [6.07, 6.45) is 3.56. The van der Waals surface area contributed by atoms with Crippen LogP contribution in [0.4, 0.5) is 5.95 Å². The lowest BCUT2D eigenvalue weighted by Crippen LogP contribution is -2.15. The first-order chi connectivity index (χ1) is 8.78. The van der Waals surface area contributed by atoms with Crippen LogP contribution >= 0.6 is 0 Å². The number of rotatable bonds is 5. The van der Waals surface area contributed by atoms with Gasteiger partial charge in [-0.15, -0.1) is 0 Å². The molecule has 2 rings (SSSR count). The molecule has 94 valence electrons. The van der Waals surface area contributed by atoms with Crippen molar-refractivity contribution in [3.05, 3.63) is 42.2 Å². The molecule has 1 aromatic heterocycles. The molecule has 5 nitrogen and oxygen atoms in total. The number of ether oxygens (including phenoxy) is 1. The van der Waals surface area contributed by atoms with E-state index in [0.29, 0.717) is 19.0 Å². The third-order valence-electron chi connectivity index (χ3n) is 2.36. The molecule has 0 bridgehead atoms. The van der Waals surface area contributed by atoms with Crippen molar-refractivity contribution >= 4 is 11.9 Å². The second-order valence-electron chi connectivity index (χ2n) is 3.74. The number of nitrogens with zero attached hydrogens (tertiary/aromatic N) is 1. The summed E-state index contributed by atoms with van der Waals surface area (Å²) >= 11 is 0. The fourth-order valence-electron chi connectivity index (χ4n) is 1.57. The molecule has 2 aromatic rings. The molecule has 0 saturated carbocycles. The van der Waals surface area contributed by atoms with Crippen molar-refractivity contribution in [1.29, 1.82) is 0 Å². The summed E-state index contributed by atoms with van der Waals surface area (Å²) in [4.78, 5) is 18.4. The predicted molar refractivity (Wildman–Crippen MR) is 68.5 cm³/mol. The fourth-order valence-corrected chi connectivity index (χ4v) is 1.57. The minimum absolute atomic E-state index is 0.103. The van der Waals surface area contributed by atoms with E-state index in [2.05, 4.69) is 15.3 Å². The van der Waals surface area contributed by atoms with Gasteiger partial charge in [0.15, 0.2) is 0 Å². The molecule has 1 aromatic carbocycles. The highest BCUT2D eigenvalue weighted by atomic mass is 16.5. The first-order valence-electron chi connectivity index (χ1n) is 5.79. The molecular weight excluding hydrogens is 230 g/mol. The zero-order chi connectivity index (χ0) is 12.8. The Morgan fingerprint density at radius 2 is 2.17 bits per heavy atom. The summed E-state index contributed by atoms with van der Waals surface area (Å²) in [6.45, 7) is 2.57. The van der Waals surface area contributed by atoms with E-state index in [-0.39, 0.29) is 5.91 Å². The van der Waals surface area contributed by atoms with Gasteiger partial charge in [0, 0.05) is 12.4 Å². The summed E-state index contributed by atoms with van der Waals surface area (Å²) < 4.78 is 5.34. The lowest BCUT2D eigenvalue weighted by atomic mass is 10.1. The number of hydrogen-bond acceptors (Lipinski definition) is 3. The Hall–Kier alpha value is -2.30. The number of amides is 1. The first-order valence-corrected chi connectivity index (χ1v) is 5.79. The number of nitrogens with one attached hydrogen (secondary N) is 2. The van der Waals surface area contributed by atoms with Crippen LogP contribution < -0.4 is 10.1 Å². The number of imidazole rings is 1. The van der Waals surface area contributed by atoms with Crippen molar-refractivity contribution in [2.75, 3.05) is 11.9 Å². The normalized spacial score (nSPS) is 10.1. The average molecular weight is 245 g/mol. The lowest BCUT2D eigenvalue weighted by molar-refractivity contribution is -0.115. The van der Waals surface area contributed by atoms with E-state index < -0.39 is 0 Å². The van der Waals surface area contributed by atoms with Gasteiger partial charge in [0.25, 0.3) is 0 Å². The van der Waals surface area contributed by atoms with Crippen LogP contribution in [0, 0.1) is 0 Å². The molecule has 0 atom stereocenters. The Morgan fingerprint density at radius 1 is 1.39 bits per heavy atom. The van der Waals surface area contributed by atoms with E-state index in [1.54, 1.807) is 12.4 Å². The van der Waals surface area contributed by atoms with Crippen LogP contribution in [-0.2, 0) is 11.2 Å². The van der Waals surface area contributed by atoms with Crippen LogP contribution in [0.2, 0.25) is 0 Å². The van der Waals surface area contributed by atoms with Gasteiger partial charge >= 0.3 is 0 Å². The van der Waals surface area contributed by atoms with Crippen molar-refractivity contribution in [3.63, 3.8) is 0 Å². The SMILES string of the molecule is CCOc1ccc(CC(=O)Nc2ncc[nH]2)cc1. The van der Waals surface area contributed by atoms with Crippen molar-refractivity contribution in [2.24, 2.45) is 0 Å². The molecule has 1 heterocycles. The van der Waals surface area contributed by atoms with E-state index in [9.17, 15) is 4.79 Å². The zero-order valence-electron chi connectivity index (χ0n) is 10.1. The van der Waals surface area contributed by atoms with Crippen molar-refractivity contribution in [2.45, 2.75) is 13.3 Å². The molecule has 0 saturated heterocycles. The van der Waals surface area contributed by atoms with Crippen molar-refractivity contribution < 1.29 is 9.53 Å². The number of hydrogen-bond donors (Lipinski definition) is 2. The number of aromatic amines is 1.